The van der Waals surface area contributed by atoms with Crippen LogP contribution in [0.1, 0.15) is 16.7 Å². The smallest absolute Gasteiger partial charge is 0.264 e. The normalized spacial score (nSPS) is 19.5. The van der Waals surface area contributed by atoms with Crippen molar-refractivity contribution >= 4 is 31.4 Å². The lowest BCUT2D eigenvalue weighted by Gasteiger charge is -2.51. The molecular weight excluding hydrogens is 555 g/mol. The Kier molecular flexibility index (Phi) is 7.13. The van der Waals surface area contributed by atoms with Gasteiger partial charge in [-0.3, -0.25) is 4.31 Å². The molecule has 0 amide bonds. The van der Waals surface area contributed by atoms with Crippen LogP contribution in [0, 0.1) is 13.8 Å². The van der Waals surface area contributed by atoms with E-state index in [1.807, 2.05) is 80.6 Å². The monoisotopic (exact) mass is 587 g/mol. The van der Waals surface area contributed by atoms with Crippen molar-refractivity contribution in [3.8, 4) is 0 Å². The van der Waals surface area contributed by atoms with E-state index in [1.54, 1.807) is 40.7 Å². The van der Waals surface area contributed by atoms with Gasteiger partial charge in [-0.15, -0.1) is 0 Å². The zero-order valence-electron chi connectivity index (χ0n) is 23.1. The summed E-state index contributed by atoms with van der Waals surface area (Å²) in [7, 11) is -7.72. The maximum absolute atomic E-state index is 14.1. The Morgan fingerprint density at radius 3 is 1.76 bits per heavy atom. The summed E-state index contributed by atoms with van der Waals surface area (Å²) in [5.74, 6) is 0. The highest BCUT2D eigenvalue weighted by molar-refractivity contribution is 7.92. The van der Waals surface area contributed by atoms with Crippen molar-refractivity contribution in [2.24, 2.45) is 0 Å². The zero-order chi connectivity index (χ0) is 28.8. The third-order valence-corrected chi connectivity index (χ3v) is 11.8. The van der Waals surface area contributed by atoms with Crippen molar-refractivity contribution in [2.75, 3.05) is 28.8 Å². The van der Waals surface area contributed by atoms with Crippen molar-refractivity contribution < 1.29 is 16.8 Å². The van der Waals surface area contributed by atoms with E-state index in [9.17, 15) is 16.8 Å². The molecule has 2 atom stereocenters. The van der Waals surface area contributed by atoms with E-state index in [0.29, 0.717) is 18.7 Å². The Morgan fingerprint density at radius 1 is 0.610 bits per heavy atom. The van der Waals surface area contributed by atoms with Gasteiger partial charge in [-0.05, 0) is 62.2 Å². The van der Waals surface area contributed by atoms with Crippen molar-refractivity contribution in [3.05, 3.63) is 120 Å². The van der Waals surface area contributed by atoms with Crippen molar-refractivity contribution in [1.82, 2.24) is 4.31 Å². The second-order valence-electron chi connectivity index (χ2n) is 10.9. The molecule has 0 radical (unpaired) electrons. The molecule has 0 spiro atoms. The number of sulfonamides is 2. The van der Waals surface area contributed by atoms with Crippen LogP contribution >= 0.6 is 0 Å². The molecule has 4 aromatic carbocycles. The average molecular weight is 588 g/mol. The quantitative estimate of drug-likeness (QED) is 0.317. The Bertz CT molecular complexity index is 1760. The average Bonchev–Trinajstić information content (AvgIpc) is 2.97. The maximum Gasteiger partial charge on any atom is 0.264 e. The summed E-state index contributed by atoms with van der Waals surface area (Å²) >= 11 is 0. The van der Waals surface area contributed by atoms with Crippen LogP contribution in [0.4, 0.5) is 11.4 Å². The highest BCUT2D eigenvalue weighted by atomic mass is 32.2. The Labute approximate surface area is 242 Å². The predicted molar refractivity (Wildman–Crippen MR) is 162 cm³/mol. The summed E-state index contributed by atoms with van der Waals surface area (Å²) in [6.45, 7) is 4.60. The van der Waals surface area contributed by atoms with Gasteiger partial charge in [0.15, 0.2) is 0 Å². The van der Waals surface area contributed by atoms with Gasteiger partial charge >= 0.3 is 0 Å². The van der Waals surface area contributed by atoms with Gasteiger partial charge in [-0.25, -0.2) is 16.8 Å². The lowest BCUT2D eigenvalue weighted by Crippen LogP contribution is -2.65. The van der Waals surface area contributed by atoms with Gasteiger partial charge in [0.05, 0.1) is 33.8 Å². The van der Waals surface area contributed by atoms with Crippen molar-refractivity contribution in [2.45, 2.75) is 42.1 Å². The van der Waals surface area contributed by atoms with E-state index < -0.39 is 20.0 Å². The molecule has 2 heterocycles. The van der Waals surface area contributed by atoms with Gasteiger partial charge in [0.25, 0.3) is 10.0 Å². The minimum absolute atomic E-state index is 0.144. The molecule has 4 aromatic rings. The number of fused-ring (bicyclic) bond motifs is 3. The minimum atomic E-state index is -3.88. The molecule has 6 rings (SSSR count). The predicted octanol–water partition coefficient (Wildman–Crippen LogP) is 5.00. The third-order valence-electron chi connectivity index (χ3n) is 8.03. The molecule has 0 unspecified atom stereocenters. The second kappa shape index (κ2) is 10.6. The number of anilines is 2. The molecule has 0 aromatic heterocycles. The number of benzene rings is 4. The maximum atomic E-state index is 14.1. The van der Waals surface area contributed by atoms with Crippen LogP contribution in [0.3, 0.4) is 0 Å². The molecule has 2 aliphatic rings. The van der Waals surface area contributed by atoms with Gasteiger partial charge < -0.3 is 4.90 Å². The molecule has 2 aliphatic heterocycles. The van der Waals surface area contributed by atoms with Crippen LogP contribution in [0.25, 0.3) is 0 Å². The number of aryl methyl sites for hydroxylation is 2. The highest BCUT2D eigenvalue weighted by Crippen LogP contribution is 2.41. The summed E-state index contributed by atoms with van der Waals surface area (Å²) in [5, 5.41) is 0. The van der Waals surface area contributed by atoms with E-state index >= 15 is 0 Å². The minimum Gasteiger partial charge on any atom is -0.362 e. The molecule has 9 heteroatoms. The van der Waals surface area contributed by atoms with E-state index in [4.69, 9.17) is 0 Å². The Balaban J connectivity index is 1.42. The Morgan fingerprint density at radius 2 is 1.15 bits per heavy atom. The molecule has 41 heavy (non-hydrogen) atoms. The fourth-order valence-corrected chi connectivity index (χ4v) is 9.01. The second-order valence-corrected chi connectivity index (χ2v) is 14.6. The first kappa shape index (κ1) is 27.5. The largest absolute Gasteiger partial charge is 0.362 e. The highest BCUT2D eigenvalue weighted by Gasteiger charge is 2.46. The first-order valence-corrected chi connectivity index (χ1v) is 16.6. The molecule has 0 bridgehead atoms. The van der Waals surface area contributed by atoms with Gasteiger partial charge in [-0.1, -0.05) is 77.9 Å². The summed E-state index contributed by atoms with van der Waals surface area (Å²) < 4.78 is 59.2. The molecule has 1 saturated heterocycles. The lowest BCUT2D eigenvalue weighted by atomic mass is 9.99. The number of hydrogen-bond donors (Lipinski definition) is 0. The van der Waals surface area contributed by atoms with Gasteiger partial charge in [0, 0.05) is 19.1 Å². The molecular formula is C32H33N3O4S2. The van der Waals surface area contributed by atoms with Crippen LogP contribution in [0.2, 0.25) is 0 Å². The zero-order valence-corrected chi connectivity index (χ0v) is 24.7. The van der Waals surface area contributed by atoms with E-state index in [-0.39, 0.29) is 35.0 Å². The van der Waals surface area contributed by atoms with Crippen molar-refractivity contribution in [3.63, 3.8) is 0 Å². The van der Waals surface area contributed by atoms with E-state index in [2.05, 4.69) is 4.90 Å². The van der Waals surface area contributed by atoms with Gasteiger partial charge in [0.1, 0.15) is 0 Å². The summed E-state index contributed by atoms with van der Waals surface area (Å²) in [4.78, 5) is 2.66. The summed E-state index contributed by atoms with van der Waals surface area (Å²) in [6, 6.07) is 30.5. The number of piperazine rings is 1. The first-order chi connectivity index (χ1) is 19.6. The standard InChI is InChI=1S/C32H33N3O4S2/c1-24-12-16-29(17-13-24)40(36,37)34-22-28-23-35(41(38,39)30-18-14-25(2)15-19-30)32-11-7-6-10-31(32)33(28)21-27(34)20-26-8-4-3-5-9-26/h3-19,27-28H,20-23H2,1-2H3/t27-,28+/m0/s1. The van der Waals surface area contributed by atoms with Crippen LogP contribution in [0.5, 0.6) is 0 Å². The molecule has 7 nitrogen and oxygen atoms in total. The van der Waals surface area contributed by atoms with E-state index in [1.165, 1.54) is 4.31 Å². The first-order valence-electron chi connectivity index (χ1n) is 13.7. The summed E-state index contributed by atoms with van der Waals surface area (Å²) in [5.41, 5.74) is 4.41. The lowest BCUT2D eigenvalue weighted by molar-refractivity contribution is 0.250. The summed E-state index contributed by atoms with van der Waals surface area (Å²) in [6.07, 6.45) is 0.544. The number of nitrogens with zero attached hydrogens (tertiary/aromatic N) is 3. The van der Waals surface area contributed by atoms with Crippen molar-refractivity contribution in [1.29, 1.82) is 0 Å². The molecule has 212 valence electrons. The molecule has 0 N–H and O–H groups in total. The fraction of sp³-hybridized carbons (Fsp3) is 0.250. The Hall–Kier alpha value is -3.66. The van der Waals surface area contributed by atoms with Crippen LogP contribution in [-0.2, 0) is 26.5 Å². The number of rotatable bonds is 6. The number of para-hydroxylation sites is 2. The molecule has 0 saturated carbocycles. The van der Waals surface area contributed by atoms with Crippen LogP contribution < -0.4 is 9.21 Å². The van der Waals surface area contributed by atoms with E-state index in [0.717, 1.165) is 22.4 Å². The topological polar surface area (TPSA) is 78.0 Å². The number of hydrogen-bond acceptors (Lipinski definition) is 5. The van der Waals surface area contributed by atoms with Gasteiger partial charge in [0.2, 0.25) is 10.0 Å². The molecule has 0 aliphatic carbocycles. The SMILES string of the molecule is Cc1ccc(S(=O)(=O)N2C[C@H]3CN(S(=O)(=O)c4ccc(C)cc4)[C@@H](Cc4ccccc4)CN3c3ccccc32)cc1. The third kappa shape index (κ3) is 5.14. The fourth-order valence-electron chi connectivity index (χ4n) is 5.84. The molecule has 1 fully saturated rings. The van der Waals surface area contributed by atoms with Crippen LogP contribution in [0.15, 0.2) is 113 Å². The van der Waals surface area contributed by atoms with Gasteiger partial charge in [-0.2, -0.15) is 4.31 Å². The van der Waals surface area contributed by atoms with Crippen LogP contribution in [-0.4, -0.2) is 52.9 Å².